The van der Waals surface area contributed by atoms with E-state index in [9.17, 15) is 18.0 Å². The Labute approximate surface area is 179 Å². The van der Waals surface area contributed by atoms with E-state index >= 15 is 0 Å². The van der Waals surface area contributed by atoms with Gasteiger partial charge in [-0.25, -0.2) is 0 Å². The number of halogens is 3. The summed E-state index contributed by atoms with van der Waals surface area (Å²) in [6.07, 6.45) is -4.59. The molecular formula is C21H26F3N5O2. The van der Waals surface area contributed by atoms with E-state index in [1.807, 2.05) is 37.8 Å². The molecule has 1 aliphatic heterocycles. The van der Waals surface area contributed by atoms with Crippen molar-refractivity contribution in [3.8, 4) is 11.1 Å². The molecule has 0 spiro atoms. The lowest BCUT2D eigenvalue weighted by Crippen LogP contribution is -2.48. The molecule has 31 heavy (non-hydrogen) atoms. The maximum absolute atomic E-state index is 12.9. The Morgan fingerprint density at radius 1 is 1.06 bits per heavy atom. The molecule has 10 heteroatoms. The minimum atomic E-state index is -4.59. The zero-order chi connectivity index (χ0) is 22.8. The predicted molar refractivity (Wildman–Crippen MR) is 111 cm³/mol. The number of hydrogen-bond acceptors (Lipinski definition) is 7. The van der Waals surface area contributed by atoms with Crippen molar-refractivity contribution in [3.05, 3.63) is 36.0 Å². The number of rotatable bonds is 4. The van der Waals surface area contributed by atoms with E-state index in [0.29, 0.717) is 18.7 Å². The first kappa shape index (κ1) is 22.8. The smallest absolute Gasteiger partial charge is 0.435 e. The molecule has 2 N–H and O–H groups in total. The van der Waals surface area contributed by atoms with Gasteiger partial charge in [0.25, 0.3) is 0 Å². The fourth-order valence-electron chi connectivity index (χ4n) is 3.34. The van der Waals surface area contributed by atoms with E-state index in [1.165, 1.54) is 0 Å². The summed E-state index contributed by atoms with van der Waals surface area (Å²) in [5, 5.41) is 6.57. The van der Waals surface area contributed by atoms with E-state index < -0.39 is 17.5 Å². The highest BCUT2D eigenvalue weighted by atomic mass is 19.4. The summed E-state index contributed by atoms with van der Waals surface area (Å²) in [6, 6.07) is 8.02. The maximum Gasteiger partial charge on any atom is 0.435 e. The number of nitrogen functional groups attached to an aromatic ring is 1. The van der Waals surface area contributed by atoms with E-state index in [0.717, 1.165) is 24.8 Å². The van der Waals surface area contributed by atoms with E-state index in [-0.39, 0.29) is 23.9 Å². The van der Waals surface area contributed by atoms with Crippen LogP contribution >= 0.6 is 0 Å². The van der Waals surface area contributed by atoms with E-state index in [1.54, 1.807) is 12.1 Å². The van der Waals surface area contributed by atoms with Crippen LogP contribution in [0.15, 0.2) is 30.3 Å². The molecule has 1 saturated heterocycles. The Balaban J connectivity index is 1.63. The summed E-state index contributed by atoms with van der Waals surface area (Å²) >= 11 is 0. The van der Waals surface area contributed by atoms with Gasteiger partial charge in [0.2, 0.25) is 0 Å². The van der Waals surface area contributed by atoms with Crippen LogP contribution in [0.4, 0.5) is 24.7 Å². The summed E-state index contributed by atoms with van der Waals surface area (Å²) in [4.78, 5) is 16.2. The van der Waals surface area contributed by atoms with Gasteiger partial charge < -0.3 is 15.4 Å². The minimum Gasteiger partial charge on any atom is -0.459 e. The van der Waals surface area contributed by atoms with Crippen LogP contribution in [0.3, 0.4) is 0 Å². The molecule has 2 aromatic rings. The van der Waals surface area contributed by atoms with Crippen LogP contribution < -0.4 is 10.6 Å². The Bertz CT molecular complexity index is 918. The number of nitrogens with two attached hydrogens (primary N) is 1. The molecule has 0 aliphatic carbocycles. The molecule has 0 amide bonds. The summed E-state index contributed by atoms with van der Waals surface area (Å²) in [6.45, 7) is 8.62. The number of aromatic nitrogens is 2. The lowest BCUT2D eigenvalue weighted by atomic mass is 10.1. The topological polar surface area (TPSA) is 84.6 Å². The Morgan fingerprint density at radius 3 is 2.23 bits per heavy atom. The number of esters is 1. The number of nitrogens with zero attached hydrogens (tertiary/aromatic N) is 4. The quantitative estimate of drug-likeness (QED) is 0.736. The first-order valence-corrected chi connectivity index (χ1v) is 9.92. The molecule has 1 fully saturated rings. The highest BCUT2D eigenvalue weighted by Gasteiger charge is 2.34. The second-order valence-corrected chi connectivity index (χ2v) is 8.42. The van der Waals surface area contributed by atoms with Gasteiger partial charge in [-0.2, -0.15) is 13.2 Å². The van der Waals surface area contributed by atoms with E-state index in [4.69, 9.17) is 10.5 Å². The van der Waals surface area contributed by atoms with Gasteiger partial charge in [-0.05, 0) is 44.5 Å². The third-order valence-corrected chi connectivity index (χ3v) is 4.80. The lowest BCUT2D eigenvalue weighted by Gasteiger charge is -2.36. The van der Waals surface area contributed by atoms with Gasteiger partial charge in [0.05, 0.1) is 6.54 Å². The minimum absolute atomic E-state index is 0.0588. The molecule has 1 aromatic heterocycles. The van der Waals surface area contributed by atoms with Crippen molar-refractivity contribution in [3.63, 3.8) is 0 Å². The zero-order valence-corrected chi connectivity index (χ0v) is 17.7. The number of ether oxygens (including phenoxy) is 1. The third kappa shape index (κ3) is 6.06. The molecule has 0 radical (unpaired) electrons. The molecule has 1 aliphatic rings. The Morgan fingerprint density at radius 2 is 1.68 bits per heavy atom. The van der Waals surface area contributed by atoms with Gasteiger partial charge in [0.15, 0.2) is 11.5 Å². The average molecular weight is 437 g/mol. The molecule has 0 unspecified atom stereocenters. The fraction of sp³-hybridized carbons (Fsp3) is 0.476. The van der Waals surface area contributed by atoms with Gasteiger partial charge in [-0.1, -0.05) is 12.1 Å². The van der Waals surface area contributed by atoms with Crippen molar-refractivity contribution in [1.29, 1.82) is 0 Å². The zero-order valence-electron chi connectivity index (χ0n) is 17.7. The van der Waals surface area contributed by atoms with Crippen LogP contribution in [0.25, 0.3) is 11.1 Å². The monoisotopic (exact) mass is 437 g/mol. The van der Waals surface area contributed by atoms with Crippen LogP contribution in [-0.4, -0.2) is 59.4 Å². The van der Waals surface area contributed by atoms with Gasteiger partial charge in [-0.3, -0.25) is 9.69 Å². The maximum atomic E-state index is 12.9. The molecule has 2 heterocycles. The molecule has 0 atom stereocenters. The number of anilines is 2. The molecular weight excluding hydrogens is 411 g/mol. The van der Waals surface area contributed by atoms with Crippen LogP contribution in [0, 0.1) is 0 Å². The van der Waals surface area contributed by atoms with Crippen molar-refractivity contribution in [2.75, 3.05) is 43.4 Å². The van der Waals surface area contributed by atoms with Crippen LogP contribution in [-0.2, 0) is 15.7 Å². The number of benzene rings is 1. The standard InChI is InChI=1S/C21H26F3N5O2/c1-20(2,3)31-18(30)13-28-8-10-29(11-9-28)15-6-4-14(5-7-15)16-12-17(21(22,23)24)26-27-19(16)25/h4-7,12H,8-11,13H2,1-3H3,(H2,25,27). The van der Waals surface area contributed by atoms with Gasteiger partial charge in [0, 0.05) is 37.4 Å². The van der Waals surface area contributed by atoms with Crippen molar-refractivity contribution in [2.45, 2.75) is 32.5 Å². The Kier molecular flexibility index (Phi) is 6.40. The predicted octanol–water partition coefficient (Wildman–Crippen LogP) is 3.21. The molecule has 1 aromatic carbocycles. The first-order chi connectivity index (χ1) is 14.4. The lowest BCUT2D eigenvalue weighted by molar-refractivity contribution is -0.156. The highest BCUT2D eigenvalue weighted by molar-refractivity contribution is 5.75. The van der Waals surface area contributed by atoms with E-state index in [2.05, 4.69) is 15.1 Å². The second kappa shape index (κ2) is 8.70. The SMILES string of the molecule is CC(C)(C)OC(=O)CN1CCN(c2ccc(-c3cc(C(F)(F)F)nnc3N)cc2)CC1. The van der Waals surface area contributed by atoms with Crippen molar-refractivity contribution in [2.24, 2.45) is 0 Å². The molecule has 3 rings (SSSR count). The van der Waals surface area contributed by atoms with Crippen molar-refractivity contribution < 1.29 is 22.7 Å². The molecule has 0 bridgehead atoms. The number of hydrogen-bond donors (Lipinski definition) is 1. The molecule has 7 nitrogen and oxygen atoms in total. The number of carbonyl (C=O) groups excluding carboxylic acids is 1. The summed E-state index contributed by atoms with van der Waals surface area (Å²) in [5.74, 6) is -0.302. The summed E-state index contributed by atoms with van der Waals surface area (Å²) in [7, 11) is 0. The summed E-state index contributed by atoms with van der Waals surface area (Å²) in [5.41, 5.74) is 5.82. The Hall–Kier alpha value is -2.88. The number of carbonyl (C=O) groups is 1. The first-order valence-electron chi connectivity index (χ1n) is 9.92. The van der Waals surface area contributed by atoms with Crippen LogP contribution in [0.5, 0.6) is 0 Å². The average Bonchev–Trinajstić information content (AvgIpc) is 2.67. The van der Waals surface area contributed by atoms with Crippen molar-refractivity contribution >= 4 is 17.5 Å². The van der Waals surface area contributed by atoms with Crippen LogP contribution in [0.2, 0.25) is 0 Å². The highest BCUT2D eigenvalue weighted by Crippen LogP contribution is 2.33. The fourth-order valence-corrected chi connectivity index (χ4v) is 3.34. The van der Waals surface area contributed by atoms with Crippen molar-refractivity contribution in [1.82, 2.24) is 15.1 Å². The van der Waals surface area contributed by atoms with Gasteiger partial charge in [0.1, 0.15) is 5.60 Å². The van der Waals surface area contributed by atoms with Crippen LogP contribution in [0.1, 0.15) is 26.5 Å². The second-order valence-electron chi connectivity index (χ2n) is 8.42. The normalized spacial score (nSPS) is 15.7. The number of piperazine rings is 1. The third-order valence-electron chi connectivity index (χ3n) is 4.80. The van der Waals surface area contributed by atoms with Gasteiger partial charge >= 0.3 is 12.1 Å². The van der Waals surface area contributed by atoms with Gasteiger partial charge in [-0.15, -0.1) is 10.2 Å². The molecule has 168 valence electrons. The largest absolute Gasteiger partial charge is 0.459 e. The molecule has 0 saturated carbocycles. The number of alkyl halides is 3. The summed E-state index contributed by atoms with van der Waals surface area (Å²) < 4.78 is 44.2.